The van der Waals surface area contributed by atoms with Gasteiger partial charge in [-0.2, -0.15) is 0 Å². The predicted octanol–water partition coefficient (Wildman–Crippen LogP) is 3.18. The molecule has 0 atom stereocenters. The topological polar surface area (TPSA) is 49.3 Å². The molecule has 3 nitrogen and oxygen atoms in total. The number of nitrogens with one attached hydrogen (secondary N) is 1. The summed E-state index contributed by atoms with van der Waals surface area (Å²) in [6.45, 7) is 6.82. The number of carbonyl (C=O) groups is 1. The van der Waals surface area contributed by atoms with Crippen LogP contribution in [0, 0.1) is 12.3 Å². The molecule has 4 heteroatoms. The highest BCUT2D eigenvalue weighted by atomic mass is 35.5. The average Bonchev–Trinajstić information content (AvgIpc) is 2.37. The minimum absolute atomic E-state index is 0.0210. The van der Waals surface area contributed by atoms with Crippen LogP contribution in [0.25, 0.3) is 0 Å². The molecule has 1 amide bonds. The quantitative estimate of drug-likeness (QED) is 0.842. The van der Waals surface area contributed by atoms with Crippen molar-refractivity contribution in [3.05, 3.63) is 34.3 Å². The first-order valence-electron chi connectivity index (χ1n) is 6.51. The molecule has 0 heterocycles. The highest BCUT2D eigenvalue weighted by Crippen LogP contribution is 2.21. The monoisotopic (exact) mass is 283 g/mol. The zero-order valence-electron chi connectivity index (χ0n) is 11.8. The predicted molar refractivity (Wildman–Crippen MR) is 78.6 cm³/mol. The second kappa shape index (κ2) is 6.92. The van der Waals surface area contributed by atoms with Crippen molar-refractivity contribution in [3.8, 4) is 0 Å². The molecule has 0 bridgehead atoms. The SMILES string of the molecule is Cc1ccc(C(=O)NCC(C)(C)CCCO)cc1Cl. The van der Waals surface area contributed by atoms with E-state index in [1.54, 1.807) is 12.1 Å². The van der Waals surface area contributed by atoms with Crippen LogP contribution in [0.3, 0.4) is 0 Å². The zero-order valence-corrected chi connectivity index (χ0v) is 12.5. The average molecular weight is 284 g/mol. The van der Waals surface area contributed by atoms with Gasteiger partial charge in [0.05, 0.1) is 0 Å². The van der Waals surface area contributed by atoms with Gasteiger partial charge in [0.25, 0.3) is 5.91 Å². The third-order valence-corrected chi connectivity index (χ3v) is 3.58. The largest absolute Gasteiger partial charge is 0.396 e. The molecule has 0 radical (unpaired) electrons. The molecule has 0 aliphatic carbocycles. The van der Waals surface area contributed by atoms with Crippen LogP contribution >= 0.6 is 11.6 Å². The molecule has 0 aromatic heterocycles. The molecule has 0 spiro atoms. The standard InChI is InChI=1S/C15H22ClNO2/c1-11-5-6-12(9-13(11)16)14(19)17-10-15(2,3)7-4-8-18/h5-6,9,18H,4,7-8,10H2,1-3H3,(H,17,19). The third kappa shape index (κ3) is 5.21. The fraction of sp³-hybridized carbons (Fsp3) is 0.533. The zero-order chi connectivity index (χ0) is 14.5. The van der Waals surface area contributed by atoms with Gasteiger partial charge in [-0.1, -0.05) is 31.5 Å². The first-order valence-corrected chi connectivity index (χ1v) is 6.89. The summed E-state index contributed by atoms with van der Waals surface area (Å²) in [7, 11) is 0. The van der Waals surface area contributed by atoms with Gasteiger partial charge in [0.2, 0.25) is 0 Å². The first kappa shape index (κ1) is 16.0. The van der Waals surface area contributed by atoms with E-state index in [0.717, 1.165) is 18.4 Å². The van der Waals surface area contributed by atoms with Gasteiger partial charge < -0.3 is 10.4 Å². The van der Waals surface area contributed by atoms with Crippen LogP contribution in [-0.4, -0.2) is 24.2 Å². The molecule has 106 valence electrons. The number of carbonyl (C=O) groups excluding carboxylic acids is 1. The summed E-state index contributed by atoms with van der Waals surface area (Å²) in [6, 6.07) is 5.30. The second-order valence-electron chi connectivity index (χ2n) is 5.64. The normalized spacial score (nSPS) is 11.4. The summed E-state index contributed by atoms with van der Waals surface area (Å²) in [5, 5.41) is 12.4. The van der Waals surface area contributed by atoms with E-state index in [0.29, 0.717) is 17.1 Å². The van der Waals surface area contributed by atoms with Crippen molar-refractivity contribution in [3.63, 3.8) is 0 Å². The number of amides is 1. The van der Waals surface area contributed by atoms with Crippen LogP contribution in [0.15, 0.2) is 18.2 Å². The van der Waals surface area contributed by atoms with Gasteiger partial charge in [0.15, 0.2) is 0 Å². The van der Waals surface area contributed by atoms with Crippen molar-refractivity contribution < 1.29 is 9.90 Å². The molecule has 0 aliphatic heterocycles. The molecular formula is C15H22ClNO2. The Bertz CT molecular complexity index is 444. The number of hydrogen-bond donors (Lipinski definition) is 2. The van der Waals surface area contributed by atoms with Gasteiger partial charge in [-0.15, -0.1) is 0 Å². The molecule has 0 aliphatic rings. The highest BCUT2D eigenvalue weighted by Gasteiger charge is 2.18. The van der Waals surface area contributed by atoms with E-state index in [-0.39, 0.29) is 17.9 Å². The van der Waals surface area contributed by atoms with Crippen molar-refractivity contribution in [1.29, 1.82) is 0 Å². The number of halogens is 1. The fourth-order valence-electron chi connectivity index (χ4n) is 1.80. The summed E-state index contributed by atoms with van der Waals surface area (Å²) in [5.41, 5.74) is 1.52. The van der Waals surface area contributed by atoms with Crippen molar-refractivity contribution in [2.75, 3.05) is 13.2 Å². The number of aliphatic hydroxyl groups excluding tert-OH is 1. The second-order valence-corrected chi connectivity index (χ2v) is 6.05. The van der Waals surface area contributed by atoms with E-state index < -0.39 is 0 Å². The molecular weight excluding hydrogens is 262 g/mol. The number of benzene rings is 1. The van der Waals surface area contributed by atoms with E-state index in [1.165, 1.54) is 0 Å². The van der Waals surface area contributed by atoms with Gasteiger partial charge in [0, 0.05) is 23.7 Å². The van der Waals surface area contributed by atoms with E-state index in [4.69, 9.17) is 16.7 Å². The summed E-state index contributed by atoms with van der Waals surface area (Å²) < 4.78 is 0. The van der Waals surface area contributed by atoms with Crippen molar-refractivity contribution in [2.45, 2.75) is 33.6 Å². The molecule has 0 saturated heterocycles. The van der Waals surface area contributed by atoms with Gasteiger partial charge in [-0.05, 0) is 42.9 Å². The van der Waals surface area contributed by atoms with E-state index in [1.807, 2.05) is 13.0 Å². The number of rotatable bonds is 6. The van der Waals surface area contributed by atoms with Crippen LogP contribution < -0.4 is 5.32 Å². The van der Waals surface area contributed by atoms with Crippen LogP contribution in [0.1, 0.15) is 42.6 Å². The first-order chi connectivity index (χ1) is 8.85. The van der Waals surface area contributed by atoms with Crippen molar-refractivity contribution >= 4 is 17.5 Å². The molecule has 1 rings (SSSR count). The third-order valence-electron chi connectivity index (χ3n) is 3.17. The van der Waals surface area contributed by atoms with Gasteiger partial charge in [0.1, 0.15) is 0 Å². The summed E-state index contributed by atoms with van der Waals surface area (Å²) in [4.78, 5) is 12.0. The Morgan fingerprint density at radius 1 is 1.42 bits per heavy atom. The van der Waals surface area contributed by atoms with E-state index >= 15 is 0 Å². The van der Waals surface area contributed by atoms with Gasteiger partial charge in [-0.3, -0.25) is 4.79 Å². The van der Waals surface area contributed by atoms with Gasteiger partial charge >= 0.3 is 0 Å². The molecule has 1 aromatic carbocycles. The Hall–Kier alpha value is -1.06. The van der Waals surface area contributed by atoms with E-state index in [9.17, 15) is 4.79 Å². The maximum atomic E-state index is 12.0. The highest BCUT2D eigenvalue weighted by molar-refractivity contribution is 6.31. The summed E-state index contributed by atoms with van der Waals surface area (Å²) in [5.74, 6) is -0.112. The van der Waals surface area contributed by atoms with Crippen LogP contribution in [0.2, 0.25) is 5.02 Å². The molecule has 1 aromatic rings. The van der Waals surface area contributed by atoms with E-state index in [2.05, 4.69) is 19.2 Å². The number of aliphatic hydroxyl groups is 1. The minimum atomic E-state index is -0.112. The lowest BCUT2D eigenvalue weighted by molar-refractivity contribution is 0.0933. The van der Waals surface area contributed by atoms with Crippen molar-refractivity contribution in [1.82, 2.24) is 5.32 Å². The minimum Gasteiger partial charge on any atom is -0.396 e. The number of aryl methyl sites for hydroxylation is 1. The number of hydrogen-bond acceptors (Lipinski definition) is 2. The molecule has 19 heavy (non-hydrogen) atoms. The lowest BCUT2D eigenvalue weighted by Crippen LogP contribution is -2.34. The van der Waals surface area contributed by atoms with Crippen LogP contribution in [0.4, 0.5) is 0 Å². The lowest BCUT2D eigenvalue weighted by Gasteiger charge is -2.24. The Balaban J connectivity index is 2.57. The lowest BCUT2D eigenvalue weighted by atomic mass is 9.88. The molecule has 0 unspecified atom stereocenters. The van der Waals surface area contributed by atoms with Crippen LogP contribution in [0.5, 0.6) is 0 Å². The van der Waals surface area contributed by atoms with Crippen LogP contribution in [-0.2, 0) is 0 Å². The smallest absolute Gasteiger partial charge is 0.251 e. The Morgan fingerprint density at radius 3 is 2.68 bits per heavy atom. The van der Waals surface area contributed by atoms with Crippen molar-refractivity contribution in [2.24, 2.45) is 5.41 Å². The maximum absolute atomic E-state index is 12.0. The van der Waals surface area contributed by atoms with Gasteiger partial charge in [-0.25, -0.2) is 0 Å². The maximum Gasteiger partial charge on any atom is 0.251 e. The Morgan fingerprint density at radius 2 is 2.11 bits per heavy atom. The molecule has 2 N–H and O–H groups in total. The molecule has 0 fully saturated rings. The Kier molecular flexibility index (Phi) is 5.83. The fourth-order valence-corrected chi connectivity index (χ4v) is 1.98. The summed E-state index contributed by atoms with van der Waals surface area (Å²) in [6.07, 6.45) is 1.62. The Labute approximate surface area is 120 Å². The molecule has 0 saturated carbocycles. The summed E-state index contributed by atoms with van der Waals surface area (Å²) >= 11 is 6.01.